The standard InChI is InChI=1S/C13H19N5O3S/c1-9-6-14-15-13(9)11-8-21-5-4-18(11)22(19,20)12-7-17(3)16-10(12)2/h6-7,11H,4-5,8H2,1-3H3,(H,14,15)/t11-/m0/s1. The molecule has 0 aromatic carbocycles. The van der Waals surface area contributed by atoms with Crippen molar-refractivity contribution in [3.8, 4) is 0 Å². The number of ether oxygens (including phenoxy) is 1. The highest BCUT2D eigenvalue weighted by atomic mass is 32.2. The first-order chi connectivity index (χ1) is 10.4. The molecule has 0 bridgehead atoms. The van der Waals surface area contributed by atoms with E-state index in [0.717, 1.165) is 11.3 Å². The van der Waals surface area contributed by atoms with Gasteiger partial charge in [-0.05, 0) is 19.4 Å². The summed E-state index contributed by atoms with van der Waals surface area (Å²) in [7, 11) is -1.93. The maximum Gasteiger partial charge on any atom is 0.247 e. The summed E-state index contributed by atoms with van der Waals surface area (Å²) in [6.07, 6.45) is 3.22. The van der Waals surface area contributed by atoms with E-state index in [1.807, 2.05) is 6.92 Å². The highest BCUT2D eigenvalue weighted by Crippen LogP contribution is 2.31. The highest BCUT2D eigenvalue weighted by Gasteiger charge is 2.38. The molecule has 120 valence electrons. The molecule has 3 rings (SSSR count). The summed E-state index contributed by atoms with van der Waals surface area (Å²) in [5.41, 5.74) is 2.18. The minimum atomic E-state index is -3.64. The molecule has 2 aromatic rings. The quantitative estimate of drug-likeness (QED) is 0.888. The van der Waals surface area contributed by atoms with Gasteiger partial charge in [0.25, 0.3) is 0 Å². The molecule has 1 atom stereocenters. The number of aromatic nitrogens is 4. The molecule has 0 unspecified atom stereocenters. The summed E-state index contributed by atoms with van der Waals surface area (Å²) in [6.45, 7) is 4.58. The van der Waals surface area contributed by atoms with E-state index < -0.39 is 16.1 Å². The molecule has 1 fully saturated rings. The number of nitrogens with one attached hydrogen (secondary N) is 1. The molecular weight excluding hydrogens is 306 g/mol. The average Bonchev–Trinajstić information content (AvgIpc) is 3.04. The number of aryl methyl sites for hydroxylation is 3. The van der Waals surface area contributed by atoms with Gasteiger partial charge in [0.2, 0.25) is 10.0 Å². The number of morpholine rings is 1. The first kappa shape index (κ1) is 15.2. The second-order valence-electron chi connectivity index (χ2n) is 5.43. The molecule has 0 spiro atoms. The van der Waals surface area contributed by atoms with E-state index in [9.17, 15) is 8.42 Å². The first-order valence-corrected chi connectivity index (χ1v) is 8.45. The van der Waals surface area contributed by atoms with E-state index in [1.165, 1.54) is 15.2 Å². The third-order valence-corrected chi connectivity index (χ3v) is 5.85. The monoisotopic (exact) mass is 325 g/mol. The number of H-pyrrole nitrogens is 1. The van der Waals surface area contributed by atoms with Gasteiger partial charge in [-0.1, -0.05) is 0 Å². The van der Waals surface area contributed by atoms with Crippen molar-refractivity contribution in [2.75, 3.05) is 19.8 Å². The Morgan fingerprint density at radius 1 is 1.41 bits per heavy atom. The zero-order chi connectivity index (χ0) is 15.9. The fourth-order valence-electron chi connectivity index (χ4n) is 2.75. The van der Waals surface area contributed by atoms with Crippen molar-refractivity contribution >= 4 is 10.0 Å². The Labute approximate surface area is 129 Å². The highest BCUT2D eigenvalue weighted by molar-refractivity contribution is 7.89. The van der Waals surface area contributed by atoms with Crippen molar-refractivity contribution in [2.45, 2.75) is 24.8 Å². The van der Waals surface area contributed by atoms with Gasteiger partial charge >= 0.3 is 0 Å². The van der Waals surface area contributed by atoms with Crippen LogP contribution in [-0.2, 0) is 21.8 Å². The Balaban J connectivity index is 2.04. The maximum atomic E-state index is 13.0. The van der Waals surface area contributed by atoms with E-state index in [-0.39, 0.29) is 4.90 Å². The molecule has 0 saturated carbocycles. The number of hydrogen-bond donors (Lipinski definition) is 1. The zero-order valence-electron chi connectivity index (χ0n) is 12.8. The summed E-state index contributed by atoms with van der Waals surface area (Å²) < 4.78 is 34.5. The Kier molecular flexibility index (Phi) is 3.79. The summed E-state index contributed by atoms with van der Waals surface area (Å²) in [5, 5.41) is 11.0. The Bertz CT molecular complexity index is 779. The molecule has 1 aliphatic heterocycles. The number of rotatable bonds is 3. The third-order valence-electron chi connectivity index (χ3n) is 3.84. The van der Waals surface area contributed by atoms with Gasteiger partial charge in [0.05, 0.1) is 36.8 Å². The van der Waals surface area contributed by atoms with Crippen LogP contribution in [0.15, 0.2) is 17.3 Å². The van der Waals surface area contributed by atoms with E-state index in [0.29, 0.717) is 25.5 Å². The lowest BCUT2D eigenvalue weighted by Crippen LogP contribution is -2.43. The summed E-state index contributed by atoms with van der Waals surface area (Å²) in [5.74, 6) is 0. The number of nitrogens with zero attached hydrogens (tertiary/aromatic N) is 4. The molecule has 3 heterocycles. The summed E-state index contributed by atoms with van der Waals surface area (Å²) >= 11 is 0. The zero-order valence-corrected chi connectivity index (χ0v) is 13.6. The molecule has 0 amide bonds. The lowest BCUT2D eigenvalue weighted by Gasteiger charge is -2.34. The van der Waals surface area contributed by atoms with Gasteiger partial charge in [-0.3, -0.25) is 9.78 Å². The maximum absolute atomic E-state index is 13.0. The van der Waals surface area contributed by atoms with Crippen molar-refractivity contribution in [3.05, 3.63) is 29.3 Å². The van der Waals surface area contributed by atoms with Gasteiger partial charge in [-0.2, -0.15) is 14.5 Å². The van der Waals surface area contributed by atoms with Crippen LogP contribution < -0.4 is 0 Å². The molecular formula is C13H19N5O3S. The largest absolute Gasteiger partial charge is 0.378 e. The van der Waals surface area contributed by atoms with Gasteiger partial charge in [-0.15, -0.1) is 0 Å². The number of aromatic amines is 1. The predicted octanol–water partition coefficient (Wildman–Crippen LogP) is 0.522. The SMILES string of the molecule is Cc1cn[nH]c1[C@@H]1COCCN1S(=O)(=O)c1cn(C)nc1C. The molecule has 8 nitrogen and oxygen atoms in total. The topological polar surface area (TPSA) is 93.1 Å². The molecule has 2 aromatic heterocycles. The molecule has 1 aliphatic rings. The second kappa shape index (κ2) is 5.49. The van der Waals surface area contributed by atoms with Crippen LogP contribution in [0.3, 0.4) is 0 Å². The van der Waals surface area contributed by atoms with Gasteiger partial charge < -0.3 is 4.74 Å². The lowest BCUT2D eigenvalue weighted by atomic mass is 10.1. The van der Waals surface area contributed by atoms with Crippen molar-refractivity contribution in [3.63, 3.8) is 0 Å². The molecule has 1 saturated heterocycles. The lowest BCUT2D eigenvalue weighted by molar-refractivity contribution is 0.0303. The molecule has 22 heavy (non-hydrogen) atoms. The minimum absolute atomic E-state index is 0.235. The Hall–Kier alpha value is -1.71. The fourth-order valence-corrected chi connectivity index (χ4v) is 4.52. The van der Waals surface area contributed by atoms with Crippen molar-refractivity contribution < 1.29 is 13.2 Å². The van der Waals surface area contributed by atoms with E-state index in [2.05, 4.69) is 15.3 Å². The van der Waals surface area contributed by atoms with E-state index >= 15 is 0 Å². The van der Waals surface area contributed by atoms with Crippen LogP contribution in [0.2, 0.25) is 0 Å². The first-order valence-electron chi connectivity index (χ1n) is 7.01. The minimum Gasteiger partial charge on any atom is -0.378 e. The smallest absolute Gasteiger partial charge is 0.247 e. The normalized spacial score (nSPS) is 20.4. The summed E-state index contributed by atoms with van der Waals surface area (Å²) in [4.78, 5) is 0.235. The Morgan fingerprint density at radius 2 is 2.18 bits per heavy atom. The van der Waals surface area contributed by atoms with Crippen molar-refractivity contribution in [2.24, 2.45) is 7.05 Å². The predicted molar refractivity (Wildman–Crippen MR) is 78.7 cm³/mol. The Morgan fingerprint density at radius 3 is 2.77 bits per heavy atom. The second-order valence-corrected chi connectivity index (χ2v) is 7.28. The number of hydrogen-bond acceptors (Lipinski definition) is 5. The molecule has 0 radical (unpaired) electrons. The van der Waals surface area contributed by atoms with Gasteiger partial charge in [0.1, 0.15) is 4.90 Å². The van der Waals surface area contributed by atoms with Crippen molar-refractivity contribution in [1.29, 1.82) is 0 Å². The molecule has 1 N–H and O–H groups in total. The average molecular weight is 325 g/mol. The van der Waals surface area contributed by atoms with Crippen LogP contribution >= 0.6 is 0 Å². The van der Waals surface area contributed by atoms with Crippen LogP contribution in [0, 0.1) is 13.8 Å². The van der Waals surface area contributed by atoms with Gasteiger partial charge in [0.15, 0.2) is 0 Å². The van der Waals surface area contributed by atoms with Crippen LogP contribution in [-0.4, -0.2) is 52.5 Å². The third kappa shape index (κ3) is 2.44. The van der Waals surface area contributed by atoms with Gasteiger partial charge in [-0.25, -0.2) is 8.42 Å². The molecule has 9 heteroatoms. The number of sulfonamides is 1. The van der Waals surface area contributed by atoms with Crippen molar-refractivity contribution in [1.82, 2.24) is 24.3 Å². The van der Waals surface area contributed by atoms with Crippen LogP contribution in [0.25, 0.3) is 0 Å². The van der Waals surface area contributed by atoms with Crippen LogP contribution in [0.4, 0.5) is 0 Å². The van der Waals surface area contributed by atoms with E-state index in [1.54, 1.807) is 20.2 Å². The van der Waals surface area contributed by atoms with Crippen LogP contribution in [0.1, 0.15) is 23.0 Å². The molecule has 0 aliphatic carbocycles. The van der Waals surface area contributed by atoms with Crippen LogP contribution in [0.5, 0.6) is 0 Å². The fraction of sp³-hybridized carbons (Fsp3) is 0.538. The summed E-state index contributed by atoms with van der Waals surface area (Å²) in [6, 6.07) is -0.402. The van der Waals surface area contributed by atoms with Gasteiger partial charge in [0, 0.05) is 19.8 Å². The van der Waals surface area contributed by atoms with E-state index in [4.69, 9.17) is 4.74 Å².